The van der Waals surface area contributed by atoms with E-state index in [9.17, 15) is 4.79 Å². The normalized spacial score (nSPS) is 17.8. The molecular weight excluding hydrogens is 288 g/mol. The second-order valence-corrected chi connectivity index (χ2v) is 6.49. The minimum Gasteiger partial charge on any atom is -0.383 e. The number of amides is 2. The predicted molar refractivity (Wildman–Crippen MR) is 83.6 cm³/mol. The van der Waals surface area contributed by atoms with Gasteiger partial charge in [-0.2, -0.15) is 0 Å². The lowest BCUT2D eigenvalue weighted by molar-refractivity contribution is 0.125. The maximum absolute atomic E-state index is 12.1. The van der Waals surface area contributed by atoms with Crippen molar-refractivity contribution in [3.05, 3.63) is 16.1 Å². The van der Waals surface area contributed by atoms with Crippen LogP contribution in [0.1, 0.15) is 17.6 Å². The molecule has 21 heavy (non-hydrogen) atoms. The molecule has 1 aliphatic rings. The van der Waals surface area contributed by atoms with E-state index in [1.165, 1.54) is 0 Å². The van der Waals surface area contributed by atoms with Crippen molar-refractivity contribution in [2.45, 2.75) is 26.4 Å². The van der Waals surface area contributed by atoms with Crippen LogP contribution in [0.25, 0.3) is 0 Å². The van der Waals surface area contributed by atoms with Crippen molar-refractivity contribution >= 4 is 17.4 Å². The van der Waals surface area contributed by atoms with Crippen molar-refractivity contribution in [3.63, 3.8) is 0 Å². The van der Waals surface area contributed by atoms with Crippen LogP contribution < -0.4 is 5.32 Å². The summed E-state index contributed by atoms with van der Waals surface area (Å²) < 4.78 is 5.03. The molecule has 0 aromatic carbocycles. The van der Waals surface area contributed by atoms with E-state index in [4.69, 9.17) is 4.74 Å². The number of hydrogen-bond donors (Lipinski definition) is 1. The molecule has 0 bridgehead atoms. The van der Waals surface area contributed by atoms with Gasteiger partial charge < -0.3 is 15.0 Å². The third-order valence-electron chi connectivity index (χ3n) is 3.50. The van der Waals surface area contributed by atoms with Gasteiger partial charge in [0.2, 0.25) is 0 Å². The van der Waals surface area contributed by atoms with Gasteiger partial charge in [-0.3, -0.25) is 4.90 Å². The monoisotopic (exact) mass is 312 g/mol. The van der Waals surface area contributed by atoms with E-state index in [0.29, 0.717) is 6.61 Å². The number of rotatable bonds is 5. The zero-order valence-corrected chi connectivity index (χ0v) is 13.8. The fourth-order valence-electron chi connectivity index (χ4n) is 2.41. The molecule has 0 radical (unpaired) electrons. The van der Waals surface area contributed by atoms with E-state index in [-0.39, 0.29) is 12.1 Å². The molecular formula is C14H24N4O2S. The quantitative estimate of drug-likeness (QED) is 0.891. The van der Waals surface area contributed by atoms with Gasteiger partial charge in [0.25, 0.3) is 0 Å². The summed E-state index contributed by atoms with van der Waals surface area (Å²) in [5, 5.41) is 6.17. The van der Waals surface area contributed by atoms with Gasteiger partial charge >= 0.3 is 6.03 Å². The smallest absolute Gasteiger partial charge is 0.317 e. The van der Waals surface area contributed by atoms with E-state index < -0.39 is 0 Å². The Morgan fingerprint density at radius 3 is 2.76 bits per heavy atom. The molecule has 2 heterocycles. The molecule has 1 aromatic rings. The first-order valence-corrected chi connectivity index (χ1v) is 8.14. The molecule has 118 valence electrons. The van der Waals surface area contributed by atoms with Crippen molar-refractivity contribution in [2.24, 2.45) is 0 Å². The van der Waals surface area contributed by atoms with Crippen LogP contribution in [0.5, 0.6) is 0 Å². The Labute approximate surface area is 130 Å². The molecule has 1 N–H and O–H groups in total. The number of ether oxygens (including phenoxy) is 1. The van der Waals surface area contributed by atoms with Crippen LogP contribution in [0.2, 0.25) is 0 Å². The summed E-state index contributed by atoms with van der Waals surface area (Å²) in [5.41, 5.74) is 1.13. The molecule has 1 aliphatic heterocycles. The average molecular weight is 312 g/mol. The second kappa shape index (κ2) is 7.72. The molecule has 1 fully saturated rings. The van der Waals surface area contributed by atoms with Gasteiger partial charge in [0.15, 0.2) is 0 Å². The number of hydrogen-bond acceptors (Lipinski definition) is 5. The fourth-order valence-corrected chi connectivity index (χ4v) is 3.02. The maximum atomic E-state index is 12.1. The van der Waals surface area contributed by atoms with Gasteiger partial charge in [0, 0.05) is 45.2 Å². The first-order chi connectivity index (χ1) is 10.1. The predicted octanol–water partition coefficient (Wildman–Crippen LogP) is 1.31. The third-order valence-corrected chi connectivity index (χ3v) is 4.32. The molecule has 0 saturated carbocycles. The molecule has 7 heteroatoms. The number of piperazine rings is 1. The fraction of sp³-hybridized carbons (Fsp3) is 0.714. The topological polar surface area (TPSA) is 57.7 Å². The van der Waals surface area contributed by atoms with Crippen molar-refractivity contribution in [1.29, 1.82) is 0 Å². The molecule has 6 nitrogen and oxygen atoms in total. The highest BCUT2D eigenvalue weighted by Crippen LogP contribution is 2.12. The number of methoxy groups -OCH3 is 1. The first-order valence-electron chi connectivity index (χ1n) is 7.26. The molecule has 0 aliphatic carbocycles. The number of urea groups is 1. The van der Waals surface area contributed by atoms with Crippen LogP contribution in [0.15, 0.2) is 5.38 Å². The Balaban J connectivity index is 1.73. The summed E-state index contributed by atoms with van der Waals surface area (Å²) in [4.78, 5) is 20.8. The largest absolute Gasteiger partial charge is 0.383 e. The van der Waals surface area contributed by atoms with Gasteiger partial charge in [0.1, 0.15) is 0 Å². The molecule has 0 spiro atoms. The van der Waals surface area contributed by atoms with E-state index in [0.717, 1.165) is 43.4 Å². The summed E-state index contributed by atoms with van der Waals surface area (Å²) in [6.07, 6.45) is 0. The zero-order valence-electron chi connectivity index (χ0n) is 13.0. The van der Waals surface area contributed by atoms with E-state index >= 15 is 0 Å². The van der Waals surface area contributed by atoms with Crippen LogP contribution in [0, 0.1) is 6.92 Å². The van der Waals surface area contributed by atoms with Crippen LogP contribution in [0.4, 0.5) is 4.79 Å². The lowest BCUT2D eigenvalue weighted by atomic mass is 10.3. The van der Waals surface area contributed by atoms with E-state index in [1.807, 2.05) is 18.7 Å². The Bertz CT molecular complexity index is 458. The molecule has 1 aromatic heterocycles. The summed E-state index contributed by atoms with van der Waals surface area (Å²) in [5.74, 6) is 0. The van der Waals surface area contributed by atoms with E-state index in [1.54, 1.807) is 18.4 Å². The molecule has 2 rings (SSSR count). The number of nitrogens with zero attached hydrogens (tertiary/aromatic N) is 3. The van der Waals surface area contributed by atoms with Crippen molar-refractivity contribution in [2.75, 3.05) is 39.9 Å². The highest BCUT2D eigenvalue weighted by atomic mass is 32.1. The second-order valence-electron chi connectivity index (χ2n) is 5.43. The summed E-state index contributed by atoms with van der Waals surface area (Å²) in [7, 11) is 1.64. The van der Waals surface area contributed by atoms with Gasteiger partial charge in [0.05, 0.1) is 23.4 Å². The van der Waals surface area contributed by atoms with Crippen LogP contribution >= 0.6 is 11.3 Å². The van der Waals surface area contributed by atoms with Crippen LogP contribution in [-0.2, 0) is 11.3 Å². The Kier molecular flexibility index (Phi) is 5.96. The highest BCUT2D eigenvalue weighted by molar-refractivity contribution is 7.09. The van der Waals surface area contributed by atoms with Crippen molar-refractivity contribution < 1.29 is 9.53 Å². The van der Waals surface area contributed by atoms with E-state index in [2.05, 4.69) is 20.6 Å². The minimum absolute atomic E-state index is 0.00343. The molecule has 2 amide bonds. The number of thiazole rings is 1. The number of aromatic nitrogens is 1. The van der Waals surface area contributed by atoms with Gasteiger partial charge in [-0.1, -0.05) is 0 Å². The standard InChI is InChI=1S/C14H24N4O2S/c1-11(9-20-3)15-14(19)18-6-4-17(5-7-18)8-13-10-21-12(2)16-13/h10-11H,4-9H2,1-3H3,(H,15,19)/t11-/m1/s1. The van der Waals surface area contributed by atoms with Crippen molar-refractivity contribution in [1.82, 2.24) is 20.1 Å². The Morgan fingerprint density at radius 1 is 1.48 bits per heavy atom. The number of aryl methyl sites for hydroxylation is 1. The van der Waals surface area contributed by atoms with Crippen LogP contribution in [-0.4, -0.2) is 66.8 Å². The molecule has 1 saturated heterocycles. The lowest BCUT2D eigenvalue weighted by Crippen LogP contribution is -2.53. The zero-order chi connectivity index (χ0) is 15.2. The Morgan fingerprint density at radius 2 is 2.19 bits per heavy atom. The number of carbonyl (C=O) groups is 1. The van der Waals surface area contributed by atoms with Gasteiger partial charge in [-0.05, 0) is 13.8 Å². The third kappa shape index (κ3) is 4.94. The summed E-state index contributed by atoms with van der Waals surface area (Å²) in [6, 6.07) is 0.0437. The molecule has 1 atom stereocenters. The summed E-state index contributed by atoms with van der Waals surface area (Å²) in [6.45, 7) is 8.68. The van der Waals surface area contributed by atoms with Gasteiger partial charge in [-0.25, -0.2) is 9.78 Å². The first kappa shape index (κ1) is 16.2. The van der Waals surface area contributed by atoms with Crippen molar-refractivity contribution in [3.8, 4) is 0 Å². The minimum atomic E-state index is 0.00343. The average Bonchev–Trinajstić information content (AvgIpc) is 2.85. The summed E-state index contributed by atoms with van der Waals surface area (Å²) >= 11 is 1.69. The SMILES string of the molecule is COC[C@@H](C)NC(=O)N1CCN(Cc2csc(C)n2)CC1. The molecule has 0 unspecified atom stereocenters. The van der Waals surface area contributed by atoms with Crippen LogP contribution in [0.3, 0.4) is 0 Å². The highest BCUT2D eigenvalue weighted by Gasteiger charge is 2.22. The number of nitrogens with one attached hydrogen (secondary N) is 1. The lowest BCUT2D eigenvalue weighted by Gasteiger charge is -2.34. The van der Waals surface area contributed by atoms with Gasteiger partial charge in [-0.15, -0.1) is 11.3 Å². The number of carbonyl (C=O) groups excluding carboxylic acids is 1. The Hall–Kier alpha value is -1.18. The maximum Gasteiger partial charge on any atom is 0.317 e.